The average Bonchev–Trinajstić information content (AvgIpc) is 2.38. The standard InChI is InChI=1S/C12H13IN2O3/c1-14-8-15-12(16)10-7-9(13)3-4-11(10)18-6-5-17-2/h3-4,7H,5-6,8H2,2H3,(H,15,16). The monoisotopic (exact) mass is 360 g/mol. The Hall–Kier alpha value is -1.33. The summed E-state index contributed by atoms with van der Waals surface area (Å²) < 4.78 is 11.3. The van der Waals surface area contributed by atoms with E-state index in [-0.39, 0.29) is 12.6 Å². The zero-order valence-electron chi connectivity index (χ0n) is 9.90. The first kappa shape index (κ1) is 14.7. The van der Waals surface area contributed by atoms with Gasteiger partial charge in [-0.3, -0.25) is 15.0 Å². The van der Waals surface area contributed by atoms with Crippen molar-refractivity contribution in [2.45, 2.75) is 0 Å². The van der Waals surface area contributed by atoms with Gasteiger partial charge < -0.3 is 9.47 Å². The molecule has 0 unspecified atom stereocenters. The minimum atomic E-state index is -0.308. The summed E-state index contributed by atoms with van der Waals surface area (Å²) in [6.07, 6.45) is 0. The molecule has 0 aliphatic carbocycles. The Bertz CT molecular complexity index is 457. The number of carbonyl (C=O) groups excluding carboxylic acids is 1. The zero-order chi connectivity index (χ0) is 13.4. The Balaban J connectivity index is 2.82. The summed E-state index contributed by atoms with van der Waals surface area (Å²) in [5.74, 6) is 0.187. The largest absolute Gasteiger partial charge is 0.490 e. The molecule has 5 nitrogen and oxygen atoms in total. The fourth-order valence-corrected chi connectivity index (χ4v) is 1.74. The molecular formula is C12H13IN2O3. The summed E-state index contributed by atoms with van der Waals surface area (Å²) in [6.45, 7) is 7.44. The van der Waals surface area contributed by atoms with Crippen molar-refractivity contribution < 1.29 is 14.3 Å². The van der Waals surface area contributed by atoms with Crippen molar-refractivity contribution in [1.82, 2.24) is 5.32 Å². The highest BCUT2D eigenvalue weighted by Gasteiger charge is 2.13. The van der Waals surface area contributed by atoms with Crippen molar-refractivity contribution in [3.63, 3.8) is 0 Å². The van der Waals surface area contributed by atoms with E-state index in [1.165, 1.54) is 0 Å². The van der Waals surface area contributed by atoms with E-state index in [1.54, 1.807) is 19.2 Å². The third kappa shape index (κ3) is 4.50. The van der Waals surface area contributed by atoms with Crippen molar-refractivity contribution in [3.8, 4) is 5.75 Å². The lowest BCUT2D eigenvalue weighted by molar-refractivity contribution is 0.0950. The number of nitrogens with one attached hydrogen (secondary N) is 1. The first-order valence-electron chi connectivity index (χ1n) is 5.21. The van der Waals surface area contributed by atoms with Crippen molar-refractivity contribution >= 4 is 28.5 Å². The molecule has 0 aromatic heterocycles. The topological polar surface area (TPSA) is 51.9 Å². The first-order chi connectivity index (χ1) is 8.69. The molecule has 6 heteroatoms. The summed E-state index contributed by atoms with van der Waals surface area (Å²) in [6, 6.07) is 5.32. The van der Waals surface area contributed by atoms with Gasteiger partial charge in [0.2, 0.25) is 0 Å². The second kappa shape index (κ2) is 7.89. The molecule has 0 aliphatic rings. The fraction of sp³-hybridized carbons (Fsp3) is 0.333. The Morgan fingerprint density at radius 2 is 2.28 bits per heavy atom. The van der Waals surface area contributed by atoms with Gasteiger partial charge in [0.05, 0.1) is 12.2 Å². The molecule has 0 fully saturated rings. The maximum atomic E-state index is 11.8. The molecule has 1 amide bonds. The van der Waals surface area contributed by atoms with Crippen LogP contribution in [-0.4, -0.2) is 32.9 Å². The number of nitrogens with zero attached hydrogens (tertiary/aromatic N) is 1. The van der Waals surface area contributed by atoms with Crippen LogP contribution < -0.4 is 10.1 Å². The lowest BCUT2D eigenvalue weighted by atomic mass is 10.2. The number of ether oxygens (including phenoxy) is 2. The number of methoxy groups -OCH3 is 1. The molecule has 96 valence electrons. The molecule has 0 bridgehead atoms. The van der Waals surface area contributed by atoms with E-state index in [0.29, 0.717) is 24.5 Å². The molecule has 18 heavy (non-hydrogen) atoms. The summed E-state index contributed by atoms with van der Waals surface area (Å²) in [5.41, 5.74) is 0.432. The van der Waals surface area contributed by atoms with E-state index >= 15 is 0 Å². The molecule has 1 aromatic rings. The maximum Gasteiger partial charge on any atom is 0.289 e. The van der Waals surface area contributed by atoms with Crippen molar-refractivity contribution in [3.05, 3.63) is 38.7 Å². The van der Waals surface area contributed by atoms with Crippen LogP contribution in [0.3, 0.4) is 0 Å². The molecule has 1 rings (SSSR count). The number of amides is 1. The molecule has 1 aromatic carbocycles. The molecule has 0 spiro atoms. The number of benzene rings is 1. The molecule has 0 radical (unpaired) electrons. The van der Waals surface area contributed by atoms with Crippen LogP contribution in [0.5, 0.6) is 5.75 Å². The van der Waals surface area contributed by atoms with Gasteiger partial charge in [-0.25, -0.2) is 6.57 Å². The SMILES string of the molecule is [C-]#[N+]CNC(=O)c1cc(I)ccc1OCCOC. The highest BCUT2D eigenvalue weighted by atomic mass is 127. The minimum absolute atomic E-state index is 0.0399. The third-order valence-corrected chi connectivity index (χ3v) is 2.72. The summed E-state index contributed by atoms with van der Waals surface area (Å²) in [7, 11) is 1.58. The van der Waals surface area contributed by atoms with Gasteiger partial charge in [0.15, 0.2) is 0 Å². The van der Waals surface area contributed by atoms with Crippen LogP contribution in [0.1, 0.15) is 10.4 Å². The van der Waals surface area contributed by atoms with E-state index < -0.39 is 0 Å². The van der Waals surface area contributed by atoms with Crippen LogP contribution in [0.4, 0.5) is 0 Å². The number of carbonyl (C=O) groups is 1. The number of halogens is 1. The van der Waals surface area contributed by atoms with Gasteiger partial charge in [-0.05, 0) is 40.8 Å². The van der Waals surface area contributed by atoms with Gasteiger partial charge in [-0.1, -0.05) is 0 Å². The summed E-state index contributed by atoms with van der Waals surface area (Å²) in [5, 5.41) is 2.50. The van der Waals surface area contributed by atoms with Crippen molar-refractivity contribution in [1.29, 1.82) is 0 Å². The van der Waals surface area contributed by atoms with E-state index in [4.69, 9.17) is 16.0 Å². The molecule has 0 saturated heterocycles. The number of rotatable bonds is 6. The van der Waals surface area contributed by atoms with Gasteiger partial charge in [-0.2, -0.15) is 0 Å². The smallest absolute Gasteiger partial charge is 0.289 e. The van der Waals surface area contributed by atoms with E-state index in [1.807, 2.05) is 6.07 Å². The number of hydrogen-bond acceptors (Lipinski definition) is 3. The Kier molecular flexibility index (Phi) is 6.46. The fourth-order valence-electron chi connectivity index (χ4n) is 1.25. The van der Waals surface area contributed by atoms with Crippen LogP contribution in [0.2, 0.25) is 0 Å². The summed E-state index contributed by atoms with van der Waals surface area (Å²) in [4.78, 5) is 14.9. The molecule has 1 N–H and O–H groups in total. The van der Waals surface area contributed by atoms with Crippen LogP contribution in [0.15, 0.2) is 18.2 Å². The summed E-state index contributed by atoms with van der Waals surface area (Å²) >= 11 is 2.12. The van der Waals surface area contributed by atoms with Crippen LogP contribution in [0.25, 0.3) is 4.85 Å². The molecule has 0 aliphatic heterocycles. The van der Waals surface area contributed by atoms with Gasteiger partial charge in [0.25, 0.3) is 12.6 Å². The molecular weight excluding hydrogens is 347 g/mol. The van der Waals surface area contributed by atoms with E-state index in [0.717, 1.165) is 3.57 Å². The van der Waals surface area contributed by atoms with Gasteiger partial charge >= 0.3 is 0 Å². The first-order valence-corrected chi connectivity index (χ1v) is 6.29. The van der Waals surface area contributed by atoms with E-state index in [2.05, 4.69) is 32.8 Å². The van der Waals surface area contributed by atoms with Gasteiger partial charge in [0.1, 0.15) is 12.4 Å². The highest BCUT2D eigenvalue weighted by Crippen LogP contribution is 2.21. The van der Waals surface area contributed by atoms with Crippen molar-refractivity contribution in [2.24, 2.45) is 0 Å². The quantitative estimate of drug-likeness (QED) is 0.479. The minimum Gasteiger partial charge on any atom is -0.490 e. The van der Waals surface area contributed by atoms with Crippen molar-refractivity contribution in [2.75, 3.05) is 27.0 Å². The highest BCUT2D eigenvalue weighted by molar-refractivity contribution is 14.1. The predicted molar refractivity (Wildman–Crippen MR) is 75.5 cm³/mol. The van der Waals surface area contributed by atoms with Crippen LogP contribution in [-0.2, 0) is 4.74 Å². The normalized spacial score (nSPS) is 9.61. The lowest BCUT2D eigenvalue weighted by Gasteiger charge is -2.10. The third-order valence-electron chi connectivity index (χ3n) is 2.05. The number of hydrogen-bond donors (Lipinski definition) is 1. The van der Waals surface area contributed by atoms with Crippen LogP contribution >= 0.6 is 22.6 Å². The molecule has 0 saturated carbocycles. The Morgan fingerprint density at radius 1 is 1.50 bits per heavy atom. The zero-order valence-corrected chi connectivity index (χ0v) is 12.1. The van der Waals surface area contributed by atoms with E-state index in [9.17, 15) is 4.79 Å². The second-order valence-corrected chi connectivity index (χ2v) is 4.55. The van der Waals surface area contributed by atoms with Gasteiger partial charge in [-0.15, -0.1) is 0 Å². The Morgan fingerprint density at radius 3 is 2.94 bits per heavy atom. The second-order valence-electron chi connectivity index (χ2n) is 3.30. The Labute approximate surface area is 119 Å². The average molecular weight is 360 g/mol. The molecule has 0 atom stereocenters. The predicted octanol–water partition coefficient (Wildman–Crippen LogP) is 1.92. The molecule has 0 heterocycles. The lowest BCUT2D eigenvalue weighted by Crippen LogP contribution is -2.23. The maximum absolute atomic E-state index is 11.8. The van der Waals surface area contributed by atoms with Crippen LogP contribution in [0, 0.1) is 10.1 Å². The van der Waals surface area contributed by atoms with Gasteiger partial charge in [0, 0.05) is 10.7 Å².